The number of alkyl halides is 2. The van der Waals surface area contributed by atoms with Crippen LogP contribution in [0.5, 0.6) is 11.5 Å². The van der Waals surface area contributed by atoms with Crippen molar-refractivity contribution in [3.05, 3.63) is 48.3 Å². The summed E-state index contributed by atoms with van der Waals surface area (Å²) in [6.45, 7) is -1.15. The summed E-state index contributed by atoms with van der Waals surface area (Å²) in [5.41, 5.74) is 0.578. The van der Waals surface area contributed by atoms with E-state index in [1.54, 1.807) is 19.2 Å². The first-order chi connectivity index (χ1) is 12.1. The van der Waals surface area contributed by atoms with E-state index in [0.29, 0.717) is 23.8 Å². The number of nitrogens with one attached hydrogen (secondary N) is 2. The van der Waals surface area contributed by atoms with Crippen LogP contribution in [0.3, 0.4) is 0 Å². The lowest BCUT2D eigenvalue weighted by Gasteiger charge is -2.15. The fraction of sp³-hybridized carbons (Fsp3) is 0.353. The zero-order chi connectivity index (χ0) is 18.1. The minimum Gasteiger partial charge on any atom is -0.497 e. The molecule has 6 nitrogen and oxygen atoms in total. The van der Waals surface area contributed by atoms with E-state index in [4.69, 9.17) is 4.74 Å². The van der Waals surface area contributed by atoms with Crippen molar-refractivity contribution < 1.29 is 18.3 Å². The topological polar surface area (TPSA) is 59.8 Å². The molecule has 25 heavy (non-hydrogen) atoms. The van der Waals surface area contributed by atoms with Crippen molar-refractivity contribution in [2.24, 2.45) is 4.99 Å². The zero-order valence-electron chi connectivity index (χ0n) is 14.2. The van der Waals surface area contributed by atoms with Gasteiger partial charge in [0.15, 0.2) is 5.96 Å². The molecule has 0 spiro atoms. The number of benzene rings is 1. The number of methoxy groups -OCH3 is 1. The Balaban J connectivity index is 1.91. The lowest BCUT2D eigenvalue weighted by Crippen LogP contribution is -2.38. The number of hydrogen-bond donors (Lipinski definition) is 2. The molecule has 8 heteroatoms. The number of hydrogen-bond acceptors (Lipinski definition) is 3. The molecule has 1 heterocycles. The number of ether oxygens (including phenoxy) is 2. The number of halogens is 2. The van der Waals surface area contributed by atoms with Crippen molar-refractivity contribution in [1.29, 1.82) is 0 Å². The SMILES string of the molecule is CN=C(NCCn1cccc1)NCc1ccc(OC)cc1OC(F)F. The van der Waals surface area contributed by atoms with Crippen molar-refractivity contribution in [3.63, 3.8) is 0 Å². The third-order valence-electron chi connectivity index (χ3n) is 3.49. The van der Waals surface area contributed by atoms with Gasteiger partial charge in [-0.2, -0.15) is 8.78 Å². The van der Waals surface area contributed by atoms with E-state index in [2.05, 4.69) is 20.4 Å². The first-order valence-corrected chi connectivity index (χ1v) is 7.79. The molecular weight excluding hydrogens is 330 g/mol. The third-order valence-corrected chi connectivity index (χ3v) is 3.49. The first-order valence-electron chi connectivity index (χ1n) is 7.79. The van der Waals surface area contributed by atoms with Gasteiger partial charge < -0.3 is 24.7 Å². The van der Waals surface area contributed by atoms with E-state index in [0.717, 1.165) is 6.54 Å². The van der Waals surface area contributed by atoms with Gasteiger partial charge in [0.1, 0.15) is 11.5 Å². The smallest absolute Gasteiger partial charge is 0.387 e. The molecule has 0 unspecified atom stereocenters. The molecule has 0 bridgehead atoms. The lowest BCUT2D eigenvalue weighted by atomic mass is 10.2. The van der Waals surface area contributed by atoms with Crippen molar-refractivity contribution in [3.8, 4) is 11.5 Å². The summed E-state index contributed by atoms with van der Waals surface area (Å²) >= 11 is 0. The van der Waals surface area contributed by atoms with Crippen molar-refractivity contribution in [2.75, 3.05) is 20.7 Å². The highest BCUT2D eigenvalue weighted by atomic mass is 19.3. The minimum absolute atomic E-state index is 0.0737. The van der Waals surface area contributed by atoms with Gasteiger partial charge >= 0.3 is 6.61 Å². The number of rotatable bonds is 8. The predicted molar refractivity (Wildman–Crippen MR) is 92.3 cm³/mol. The van der Waals surface area contributed by atoms with Crippen LogP contribution in [0.2, 0.25) is 0 Å². The Kier molecular flexibility index (Phi) is 7.06. The number of guanidine groups is 1. The van der Waals surface area contributed by atoms with E-state index in [9.17, 15) is 8.78 Å². The van der Waals surface area contributed by atoms with Crippen LogP contribution >= 0.6 is 0 Å². The molecular formula is C17H22F2N4O2. The van der Waals surface area contributed by atoms with Crippen LogP contribution in [0.4, 0.5) is 8.78 Å². The summed E-state index contributed by atoms with van der Waals surface area (Å²) in [5, 5.41) is 6.25. The summed E-state index contributed by atoms with van der Waals surface area (Å²) in [4.78, 5) is 4.12. The summed E-state index contributed by atoms with van der Waals surface area (Å²) in [6.07, 6.45) is 3.95. The maximum Gasteiger partial charge on any atom is 0.387 e. The van der Waals surface area contributed by atoms with Gasteiger partial charge in [-0.25, -0.2) is 0 Å². The number of nitrogens with zero attached hydrogens (tertiary/aromatic N) is 2. The molecule has 2 rings (SSSR count). The average molecular weight is 352 g/mol. The van der Waals surface area contributed by atoms with Gasteiger partial charge in [-0.15, -0.1) is 0 Å². The molecule has 0 fully saturated rings. The second-order valence-electron chi connectivity index (χ2n) is 5.13. The van der Waals surface area contributed by atoms with Gasteiger partial charge in [0.2, 0.25) is 0 Å². The lowest BCUT2D eigenvalue weighted by molar-refractivity contribution is -0.0505. The number of aromatic nitrogens is 1. The quantitative estimate of drug-likeness (QED) is 0.566. The molecule has 0 atom stereocenters. The molecule has 1 aromatic carbocycles. The van der Waals surface area contributed by atoms with E-state index in [1.807, 2.05) is 29.1 Å². The monoisotopic (exact) mass is 352 g/mol. The molecule has 1 aromatic heterocycles. The molecule has 0 aliphatic carbocycles. The second-order valence-corrected chi connectivity index (χ2v) is 5.13. The van der Waals surface area contributed by atoms with Gasteiger partial charge in [-0.05, 0) is 24.3 Å². The second kappa shape index (κ2) is 9.51. The molecule has 0 aliphatic rings. The Morgan fingerprint density at radius 3 is 2.64 bits per heavy atom. The maximum absolute atomic E-state index is 12.6. The van der Waals surface area contributed by atoms with Crippen LogP contribution in [0.25, 0.3) is 0 Å². The average Bonchev–Trinajstić information content (AvgIpc) is 3.11. The molecule has 0 aliphatic heterocycles. The fourth-order valence-electron chi connectivity index (χ4n) is 2.24. The first kappa shape index (κ1) is 18.6. The van der Waals surface area contributed by atoms with Crippen molar-refractivity contribution in [1.82, 2.24) is 15.2 Å². The third kappa shape index (κ3) is 5.98. The highest BCUT2D eigenvalue weighted by molar-refractivity contribution is 5.79. The number of aliphatic imine (C=N–C) groups is 1. The largest absolute Gasteiger partial charge is 0.497 e. The zero-order valence-corrected chi connectivity index (χ0v) is 14.2. The summed E-state index contributed by atoms with van der Waals surface area (Å²) < 4.78 is 36.8. The highest BCUT2D eigenvalue weighted by Crippen LogP contribution is 2.26. The van der Waals surface area contributed by atoms with Gasteiger partial charge in [-0.1, -0.05) is 0 Å². The van der Waals surface area contributed by atoms with Crippen molar-refractivity contribution in [2.45, 2.75) is 19.7 Å². The standard InChI is InChI=1S/C17H22F2N4O2/c1-20-17(21-7-10-23-8-3-4-9-23)22-12-13-5-6-14(24-2)11-15(13)25-16(18)19/h3-6,8-9,11,16H,7,10,12H2,1-2H3,(H2,20,21,22). The van der Waals surface area contributed by atoms with Crippen LogP contribution in [0.15, 0.2) is 47.7 Å². The van der Waals surface area contributed by atoms with Crippen LogP contribution < -0.4 is 20.1 Å². The molecule has 2 N–H and O–H groups in total. The Hall–Kier alpha value is -2.77. The van der Waals surface area contributed by atoms with E-state index in [-0.39, 0.29) is 12.3 Å². The van der Waals surface area contributed by atoms with Crippen molar-refractivity contribution >= 4 is 5.96 Å². The Labute approximate surface area is 145 Å². The Morgan fingerprint density at radius 2 is 2.00 bits per heavy atom. The van der Waals surface area contributed by atoms with E-state index in [1.165, 1.54) is 13.2 Å². The fourth-order valence-corrected chi connectivity index (χ4v) is 2.24. The molecule has 0 amide bonds. The maximum atomic E-state index is 12.6. The van der Waals surface area contributed by atoms with E-state index < -0.39 is 6.61 Å². The van der Waals surface area contributed by atoms with Gasteiger partial charge in [0, 0.05) is 50.7 Å². The highest BCUT2D eigenvalue weighted by Gasteiger charge is 2.11. The van der Waals surface area contributed by atoms with Crippen LogP contribution in [0, 0.1) is 0 Å². The molecule has 0 saturated heterocycles. The van der Waals surface area contributed by atoms with Gasteiger partial charge in [0.05, 0.1) is 7.11 Å². The normalized spacial score (nSPS) is 11.5. The molecule has 136 valence electrons. The van der Waals surface area contributed by atoms with Gasteiger partial charge in [0.25, 0.3) is 0 Å². The van der Waals surface area contributed by atoms with Crippen LogP contribution in [-0.4, -0.2) is 37.8 Å². The predicted octanol–water partition coefficient (Wildman–Crippen LogP) is 2.46. The van der Waals surface area contributed by atoms with Crippen LogP contribution in [-0.2, 0) is 13.1 Å². The summed E-state index contributed by atoms with van der Waals surface area (Å²) in [6, 6.07) is 8.72. The Morgan fingerprint density at radius 1 is 1.24 bits per heavy atom. The molecule has 0 saturated carbocycles. The Bertz CT molecular complexity index is 675. The van der Waals surface area contributed by atoms with Crippen LogP contribution in [0.1, 0.15) is 5.56 Å². The summed E-state index contributed by atoms with van der Waals surface area (Å²) in [5.74, 6) is 1.10. The van der Waals surface area contributed by atoms with Gasteiger partial charge in [-0.3, -0.25) is 4.99 Å². The molecule has 0 radical (unpaired) electrons. The van der Waals surface area contributed by atoms with E-state index >= 15 is 0 Å². The minimum atomic E-state index is -2.90. The summed E-state index contributed by atoms with van der Waals surface area (Å²) in [7, 11) is 3.12. The molecule has 2 aromatic rings.